The predicted molar refractivity (Wildman–Crippen MR) is 91.8 cm³/mol. The number of benzene rings is 1. The second-order valence-electron chi connectivity index (χ2n) is 7.02. The van der Waals surface area contributed by atoms with Gasteiger partial charge in [0.25, 0.3) is 0 Å². The van der Waals surface area contributed by atoms with Gasteiger partial charge in [-0.2, -0.15) is 0 Å². The maximum Gasteiger partial charge on any atom is 0.220 e. The van der Waals surface area contributed by atoms with Crippen molar-refractivity contribution >= 4 is 10.8 Å². The van der Waals surface area contributed by atoms with Crippen LogP contribution >= 0.6 is 0 Å². The summed E-state index contributed by atoms with van der Waals surface area (Å²) in [6.45, 7) is 8.88. The lowest BCUT2D eigenvalue weighted by Crippen LogP contribution is -2.30. The first kappa shape index (κ1) is 14.7. The highest BCUT2D eigenvalue weighted by Gasteiger charge is 2.19. The quantitative estimate of drug-likeness (QED) is 0.610. The predicted octanol–water partition coefficient (Wildman–Crippen LogP) is 4.33. The fourth-order valence-corrected chi connectivity index (χ4v) is 2.91. The Morgan fingerprint density at radius 2 is 1.82 bits per heavy atom. The molecule has 2 aromatic heterocycles. The first-order valence-corrected chi connectivity index (χ1v) is 7.72. The Morgan fingerprint density at radius 1 is 1.05 bits per heavy atom. The van der Waals surface area contributed by atoms with E-state index in [1.165, 1.54) is 33.2 Å². The van der Waals surface area contributed by atoms with Crippen molar-refractivity contribution in [3.63, 3.8) is 0 Å². The van der Waals surface area contributed by atoms with Crippen molar-refractivity contribution in [2.24, 2.45) is 7.05 Å². The number of hydrogen-bond donors (Lipinski definition) is 0. The molecule has 0 aliphatic carbocycles. The molecule has 0 spiro atoms. The molecule has 2 heteroatoms. The number of aryl methyl sites for hydroxylation is 2. The normalized spacial score (nSPS) is 11.9. The van der Waals surface area contributed by atoms with E-state index in [0.29, 0.717) is 0 Å². The van der Waals surface area contributed by atoms with Crippen molar-refractivity contribution in [1.29, 1.82) is 0 Å². The fraction of sp³-hybridized carbons (Fsp3) is 0.300. The van der Waals surface area contributed by atoms with E-state index in [-0.39, 0.29) is 5.41 Å². The summed E-state index contributed by atoms with van der Waals surface area (Å²) in [4.78, 5) is 4.22. The monoisotopic (exact) mass is 291 g/mol. The lowest BCUT2D eigenvalue weighted by molar-refractivity contribution is -0.659. The number of aromatic nitrogens is 2. The van der Waals surface area contributed by atoms with E-state index in [2.05, 4.69) is 80.8 Å². The summed E-state index contributed by atoms with van der Waals surface area (Å²) in [6.07, 6.45) is 5.94. The maximum atomic E-state index is 4.22. The number of nitrogens with zero attached hydrogens (tertiary/aromatic N) is 2. The van der Waals surface area contributed by atoms with Crippen LogP contribution in [0.4, 0.5) is 0 Å². The van der Waals surface area contributed by atoms with Crippen molar-refractivity contribution in [1.82, 2.24) is 4.98 Å². The topological polar surface area (TPSA) is 16.8 Å². The molecule has 3 rings (SSSR count). The molecule has 2 nitrogen and oxygen atoms in total. The van der Waals surface area contributed by atoms with Crippen LogP contribution in [0.3, 0.4) is 0 Å². The summed E-state index contributed by atoms with van der Waals surface area (Å²) in [5.41, 5.74) is 5.22. The fourth-order valence-electron chi connectivity index (χ4n) is 2.91. The third kappa shape index (κ3) is 2.50. The Bertz CT molecular complexity index is 842. The average molecular weight is 291 g/mol. The van der Waals surface area contributed by atoms with Gasteiger partial charge < -0.3 is 0 Å². The van der Waals surface area contributed by atoms with Crippen molar-refractivity contribution in [3.8, 4) is 11.3 Å². The molecule has 2 heterocycles. The van der Waals surface area contributed by atoms with Gasteiger partial charge in [-0.05, 0) is 41.0 Å². The molecule has 0 N–H and O–H groups in total. The van der Waals surface area contributed by atoms with Crippen molar-refractivity contribution in [2.45, 2.75) is 33.1 Å². The molecule has 0 aliphatic heterocycles. The first-order valence-electron chi connectivity index (χ1n) is 7.72. The smallest absolute Gasteiger partial charge is 0.220 e. The molecule has 1 aromatic carbocycles. The highest BCUT2D eigenvalue weighted by atomic mass is 14.9. The van der Waals surface area contributed by atoms with Crippen LogP contribution in [0.25, 0.3) is 22.0 Å². The summed E-state index contributed by atoms with van der Waals surface area (Å²) in [5, 5.41) is 2.57. The van der Waals surface area contributed by atoms with Gasteiger partial charge in [0.2, 0.25) is 5.69 Å². The van der Waals surface area contributed by atoms with E-state index in [0.717, 1.165) is 0 Å². The molecule has 0 atom stereocenters. The van der Waals surface area contributed by atoms with Gasteiger partial charge in [-0.15, -0.1) is 0 Å². The molecule has 112 valence electrons. The molecule has 3 aromatic rings. The van der Waals surface area contributed by atoms with Gasteiger partial charge in [-0.25, -0.2) is 4.57 Å². The maximum absolute atomic E-state index is 4.22. The Labute approximate surface area is 132 Å². The molecule has 0 unspecified atom stereocenters. The van der Waals surface area contributed by atoms with E-state index in [4.69, 9.17) is 0 Å². The third-order valence-corrected chi connectivity index (χ3v) is 4.28. The van der Waals surface area contributed by atoms with Crippen LogP contribution in [0.5, 0.6) is 0 Å². The van der Waals surface area contributed by atoms with E-state index in [1.54, 1.807) is 0 Å². The molecule has 0 amide bonds. The molecule has 0 radical (unpaired) electrons. The summed E-state index contributed by atoms with van der Waals surface area (Å²) < 4.78 is 2.20. The zero-order chi connectivity index (χ0) is 15.9. The van der Waals surface area contributed by atoms with Crippen LogP contribution in [0, 0.1) is 6.92 Å². The summed E-state index contributed by atoms with van der Waals surface area (Å²) in [5.74, 6) is 0. The largest absolute Gasteiger partial charge is 0.264 e. The highest BCUT2D eigenvalue weighted by molar-refractivity contribution is 5.93. The zero-order valence-corrected chi connectivity index (χ0v) is 14.0. The Morgan fingerprint density at radius 3 is 2.50 bits per heavy atom. The SMILES string of the molecule is Cc1cnccc1-c1c2ccc(C(C)(C)C)cc2cc[n+]1C. The molecule has 0 fully saturated rings. The van der Waals surface area contributed by atoms with Gasteiger partial charge in [0.05, 0.1) is 10.9 Å². The molecular formula is C20H23N2+. The van der Waals surface area contributed by atoms with Crippen LogP contribution in [0.1, 0.15) is 31.9 Å². The van der Waals surface area contributed by atoms with Crippen LogP contribution in [0.2, 0.25) is 0 Å². The van der Waals surface area contributed by atoms with E-state index < -0.39 is 0 Å². The average Bonchev–Trinajstić information content (AvgIpc) is 2.47. The van der Waals surface area contributed by atoms with Crippen molar-refractivity contribution in [3.05, 3.63) is 60.0 Å². The summed E-state index contributed by atoms with van der Waals surface area (Å²) in [6, 6.07) is 11.1. The number of pyridine rings is 2. The van der Waals surface area contributed by atoms with Crippen LogP contribution in [-0.4, -0.2) is 4.98 Å². The number of rotatable bonds is 1. The molecule has 0 aliphatic rings. The second-order valence-corrected chi connectivity index (χ2v) is 7.02. The van der Waals surface area contributed by atoms with Crippen LogP contribution in [0.15, 0.2) is 48.9 Å². The Hall–Kier alpha value is -2.22. The van der Waals surface area contributed by atoms with E-state index >= 15 is 0 Å². The third-order valence-electron chi connectivity index (χ3n) is 4.28. The van der Waals surface area contributed by atoms with Gasteiger partial charge in [0.15, 0.2) is 6.20 Å². The minimum atomic E-state index is 0.166. The first-order chi connectivity index (χ1) is 10.4. The second kappa shape index (κ2) is 5.20. The van der Waals surface area contributed by atoms with E-state index in [1.807, 2.05) is 12.4 Å². The van der Waals surface area contributed by atoms with Gasteiger partial charge in [-0.1, -0.05) is 32.9 Å². The zero-order valence-electron chi connectivity index (χ0n) is 14.0. The molecular weight excluding hydrogens is 268 g/mol. The minimum absolute atomic E-state index is 0.166. The molecule has 22 heavy (non-hydrogen) atoms. The number of hydrogen-bond acceptors (Lipinski definition) is 1. The molecule has 0 saturated heterocycles. The van der Waals surface area contributed by atoms with Gasteiger partial charge >= 0.3 is 0 Å². The Kier molecular flexibility index (Phi) is 3.48. The molecule has 0 saturated carbocycles. The minimum Gasteiger partial charge on any atom is -0.264 e. The van der Waals surface area contributed by atoms with E-state index in [9.17, 15) is 0 Å². The lowest BCUT2D eigenvalue weighted by atomic mass is 9.85. The standard InChI is InChI=1S/C20H23N2/c1-14-13-21-10-8-17(14)19-18-7-6-16(20(2,3)4)12-15(18)9-11-22(19)5/h6-13H,1-5H3/q+1. The highest BCUT2D eigenvalue weighted by Crippen LogP contribution is 2.31. The summed E-state index contributed by atoms with van der Waals surface area (Å²) in [7, 11) is 2.10. The van der Waals surface area contributed by atoms with Gasteiger partial charge in [0.1, 0.15) is 7.05 Å². The van der Waals surface area contributed by atoms with Gasteiger partial charge in [-0.3, -0.25) is 4.98 Å². The number of fused-ring (bicyclic) bond motifs is 1. The van der Waals surface area contributed by atoms with Gasteiger partial charge in [0, 0.05) is 18.5 Å². The van der Waals surface area contributed by atoms with Crippen molar-refractivity contribution in [2.75, 3.05) is 0 Å². The Balaban J connectivity index is 2.31. The lowest BCUT2D eigenvalue weighted by Gasteiger charge is -2.19. The molecule has 0 bridgehead atoms. The van der Waals surface area contributed by atoms with Crippen LogP contribution < -0.4 is 4.57 Å². The van der Waals surface area contributed by atoms with Crippen LogP contribution in [-0.2, 0) is 12.5 Å². The van der Waals surface area contributed by atoms with Crippen molar-refractivity contribution < 1.29 is 4.57 Å². The summed E-state index contributed by atoms with van der Waals surface area (Å²) >= 11 is 0.